The van der Waals surface area contributed by atoms with E-state index in [9.17, 15) is 4.79 Å². The molecule has 0 aliphatic carbocycles. The second-order valence-corrected chi connectivity index (χ2v) is 7.51. The molecule has 0 unspecified atom stereocenters. The quantitative estimate of drug-likeness (QED) is 0.815. The van der Waals surface area contributed by atoms with E-state index in [1.54, 1.807) is 6.20 Å². The molecule has 28 heavy (non-hydrogen) atoms. The Balaban J connectivity index is 1.67. The summed E-state index contributed by atoms with van der Waals surface area (Å²) >= 11 is 0. The van der Waals surface area contributed by atoms with Crippen LogP contribution in [-0.2, 0) is 0 Å². The van der Waals surface area contributed by atoms with Gasteiger partial charge in [0, 0.05) is 43.8 Å². The lowest BCUT2D eigenvalue weighted by Crippen LogP contribution is -2.34. The van der Waals surface area contributed by atoms with Crippen LogP contribution in [0.5, 0.6) is 0 Å². The number of nitrogens with one attached hydrogen (secondary N) is 1. The molecule has 1 fully saturated rings. The van der Waals surface area contributed by atoms with Gasteiger partial charge in [-0.1, -0.05) is 6.92 Å². The number of hydrogen-bond acceptors (Lipinski definition) is 5. The Morgan fingerprint density at radius 2 is 1.82 bits per heavy atom. The maximum absolute atomic E-state index is 12.7. The smallest absolute Gasteiger partial charge is 0.259 e. The van der Waals surface area contributed by atoms with Gasteiger partial charge in [0.15, 0.2) is 0 Å². The number of aryl methyl sites for hydroxylation is 1. The Bertz CT molecular complexity index is 793. The topological polar surface area (TPSA) is 61.4 Å². The van der Waals surface area contributed by atoms with Gasteiger partial charge in [-0.2, -0.15) is 0 Å². The molecule has 6 nitrogen and oxygen atoms in total. The highest BCUT2D eigenvalue weighted by Gasteiger charge is 2.20. The Hall–Kier alpha value is -2.63. The Morgan fingerprint density at radius 1 is 1.18 bits per heavy atom. The number of rotatable bonds is 6. The lowest BCUT2D eigenvalue weighted by molar-refractivity contribution is 0.102. The predicted molar refractivity (Wildman–Crippen MR) is 115 cm³/mol. The van der Waals surface area contributed by atoms with Gasteiger partial charge in [0.2, 0.25) is 5.95 Å². The normalized spacial score (nSPS) is 14.8. The van der Waals surface area contributed by atoms with Gasteiger partial charge in [0.25, 0.3) is 5.91 Å². The van der Waals surface area contributed by atoms with Crippen LogP contribution in [0.4, 0.5) is 17.3 Å². The van der Waals surface area contributed by atoms with Crippen LogP contribution in [0.3, 0.4) is 0 Å². The lowest BCUT2D eigenvalue weighted by atomic mass is 10.00. The molecule has 0 atom stereocenters. The fraction of sp³-hybridized carbons (Fsp3) is 0.500. The lowest BCUT2D eigenvalue weighted by Gasteiger charge is -2.30. The highest BCUT2D eigenvalue weighted by atomic mass is 16.1. The minimum Gasteiger partial charge on any atom is -0.372 e. The van der Waals surface area contributed by atoms with E-state index in [4.69, 9.17) is 0 Å². The van der Waals surface area contributed by atoms with Crippen LogP contribution < -0.4 is 15.1 Å². The van der Waals surface area contributed by atoms with Crippen molar-refractivity contribution in [2.75, 3.05) is 41.3 Å². The summed E-state index contributed by atoms with van der Waals surface area (Å²) in [6, 6.07) is 7.94. The van der Waals surface area contributed by atoms with Crippen molar-refractivity contribution < 1.29 is 4.79 Å². The van der Waals surface area contributed by atoms with Crippen molar-refractivity contribution in [3.63, 3.8) is 0 Å². The van der Waals surface area contributed by atoms with Gasteiger partial charge in [-0.05, 0) is 63.8 Å². The number of benzene rings is 1. The molecule has 1 aromatic carbocycles. The Labute approximate surface area is 168 Å². The minimum atomic E-state index is -0.174. The van der Waals surface area contributed by atoms with Gasteiger partial charge >= 0.3 is 0 Å². The molecule has 1 amide bonds. The largest absolute Gasteiger partial charge is 0.372 e. The number of anilines is 3. The van der Waals surface area contributed by atoms with Crippen molar-refractivity contribution in [3.05, 3.63) is 41.7 Å². The van der Waals surface area contributed by atoms with Crippen LogP contribution in [0.15, 0.2) is 30.5 Å². The molecular weight excluding hydrogens is 350 g/mol. The van der Waals surface area contributed by atoms with Crippen LogP contribution in [0.1, 0.15) is 49.7 Å². The van der Waals surface area contributed by atoms with Crippen molar-refractivity contribution in [1.29, 1.82) is 0 Å². The highest BCUT2D eigenvalue weighted by molar-refractivity contribution is 6.04. The first-order chi connectivity index (χ1) is 13.5. The van der Waals surface area contributed by atoms with Gasteiger partial charge in [0.05, 0.1) is 11.3 Å². The van der Waals surface area contributed by atoms with E-state index in [2.05, 4.69) is 45.9 Å². The number of hydrogen-bond donors (Lipinski definition) is 1. The van der Waals surface area contributed by atoms with Crippen molar-refractivity contribution >= 4 is 23.2 Å². The van der Waals surface area contributed by atoms with E-state index in [1.165, 1.54) is 0 Å². The van der Waals surface area contributed by atoms with Crippen molar-refractivity contribution in [2.24, 2.45) is 5.92 Å². The zero-order valence-electron chi connectivity index (χ0n) is 17.4. The molecule has 0 saturated carbocycles. The summed E-state index contributed by atoms with van der Waals surface area (Å²) in [5.74, 6) is 1.31. The molecule has 150 valence electrons. The molecule has 1 saturated heterocycles. The first-order valence-corrected chi connectivity index (χ1v) is 10.3. The van der Waals surface area contributed by atoms with Gasteiger partial charge < -0.3 is 15.1 Å². The summed E-state index contributed by atoms with van der Waals surface area (Å²) in [6.07, 6.45) is 3.97. The van der Waals surface area contributed by atoms with Gasteiger partial charge in [-0.3, -0.25) is 4.79 Å². The summed E-state index contributed by atoms with van der Waals surface area (Å²) < 4.78 is 0. The number of aromatic nitrogens is 2. The first kappa shape index (κ1) is 20.1. The van der Waals surface area contributed by atoms with Gasteiger partial charge in [-0.15, -0.1) is 0 Å². The maximum Gasteiger partial charge on any atom is 0.259 e. The Kier molecular flexibility index (Phi) is 6.49. The second kappa shape index (κ2) is 9.04. The third kappa shape index (κ3) is 4.61. The van der Waals surface area contributed by atoms with Crippen molar-refractivity contribution in [2.45, 2.75) is 40.5 Å². The van der Waals surface area contributed by atoms with E-state index >= 15 is 0 Å². The van der Waals surface area contributed by atoms with E-state index < -0.39 is 0 Å². The Morgan fingerprint density at radius 3 is 2.39 bits per heavy atom. The number of piperidine rings is 1. The van der Waals surface area contributed by atoms with Crippen LogP contribution in [-0.4, -0.2) is 42.1 Å². The van der Waals surface area contributed by atoms with Gasteiger partial charge in [0.1, 0.15) is 0 Å². The average Bonchev–Trinajstić information content (AvgIpc) is 2.70. The standard InChI is InChI=1S/C22H31N5O/c1-5-26(6-2)19-9-7-18(8-10-19)25-21(28)20-15-23-22(24-17(20)4)27-13-11-16(3)12-14-27/h7-10,15-16H,5-6,11-14H2,1-4H3,(H,25,28). The molecule has 1 aliphatic heterocycles. The van der Waals surface area contributed by atoms with Crippen LogP contribution >= 0.6 is 0 Å². The van der Waals surface area contributed by atoms with E-state index in [-0.39, 0.29) is 5.91 Å². The molecule has 1 aromatic heterocycles. The third-order valence-corrected chi connectivity index (χ3v) is 5.53. The average molecular weight is 382 g/mol. The molecule has 0 radical (unpaired) electrons. The minimum absolute atomic E-state index is 0.174. The molecule has 2 aromatic rings. The monoisotopic (exact) mass is 381 g/mol. The molecule has 6 heteroatoms. The maximum atomic E-state index is 12.7. The molecule has 3 rings (SSSR count). The molecule has 0 bridgehead atoms. The molecular formula is C22H31N5O. The summed E-state index contributed by atoms with van der Waals surface area (Å²) in [5.41, 5.74) is 3.15. The fourth-order valence-electron chi connectivity index (χ4n) is 3.58. The molecule has 1 N–H and O–H groups in total. The van der Waals surface area contributed by atoms with Crippen LogP contribution in [0, 0.1) is 12.8 Å². The number of carbonyl (C=O) groups excluding carboxylic acids is 1. The summed E-state index contributed by atoms with van der Waals surface area (Å²) in [6.45, 7) is 12.3. The third-order valence-electron chi connectivity index (χ3n) is 5.53. The van der Waals surface area contributed by atoms with Crippen molar-refractivity contribution in [1.82, 2.24) is 9.97 Å². The zero-order chi connectivity index (χ0) is 20.1. The number of amides is 1. The van der Waals surface area contributed by atoms with Crippen LogP contribution in [0.25, 0.3) is 0 Å². The fourth-order valence-corrected chi connectivity index (χ4v) is 3.58. The van der Waals surface area contributed by atoms with Crippen molar-refractivity contribution in [3.8, 4) is 0 Å². The molecule has 2 heterocycles. The molecule has 1 aliphatic rings. The summed E-state index contributed by atoms with van der Waals surface area (Å²) in [7, 11) is 0. The van der Waals surface area contributed by atoms with E-state index in [0.29, 0.717) is 11.3 Å². The number of carbonyl (C=O) groups is 1. The van der Waals surface area contributed by atoms with Gasteiger partial charge in [-0.25, -0.2) is 9.97 Å². The number of nitrogens with zero attached hydrogens (tertiary/aromatic N) is 4. The second-order valence-electron chi connectivity index (χ2n) is 7.51. The summed E-state index contributed by atoms with van der Waals surface area (Å²) in [5, 5.41) is 2.95. The van der Waals surface area contributed by atoms with Crippen LogP contribution in [0.2, 0.25) is 0 Å². The van der Waals surface area contributed by atoms with E-state index in [1.807, 2.05) is 31.2 Å². The molecule has 0 spiro atoms. The SMILES string of the molecule is CCN(CC)c1ccc(NC(=O)c2cnc(N3CCC(C)CC3)nc2C)cc1. The zero-order valence-corrected chi connectivity index (χ0v) is 17.4. The first-order valence-electron chi connectivity index (χ1n) is 10.3. The highest BCUT2D eigenvalue weighted by Crippen LogP contribution is 2.22. The predicted octanol–water partition coefficient (Wildman–Crippen LogP) is 4.12. The summed E-state index contributed by atoms with van der Waals surface area (Å²) in [4.78, 5) is 26.2. The van der Waals surface area contributed by atoms with E-state index in [0.717, 1.165) is 62.3 Å².